The Labute approximate surface area is 70.1 Å². The van der Waals surface area contributed by atoms with Crippen LogP contribution in [0.5, 0.6) is 0 Å². The van der Waals surface area contributed by atoms with Crippen molar-refractivity contribution < 1.29 is 14.3 Å². The molecule has 1 aliphatic rings. The second-order valence-corrected chi connectivity index (χ2v) is 3.16. The average molecular weight is 176 g/mol. The lowest BCUT2D eigenvalue weighted by Gasteiger charge is -2.34. The van der Waals surface area contributed by atoms with Crippen LogP contribution in [-0.4, -0.2) is 41.4 Å². The Morgan fingerprint density at radius 3 is 2.92 bits per heavy atom. The lowest BCUT2D eigenvalue weighted by molar-refractivity contribution is 0.0511. The number of amides is 1. The third-order valence-electron chi connectivity index (χ3n) is 2.16. The maximum Gasteiger partial charge on any atom is 0.407 e. The van der Waals surface area contributed by atoms with Crippen molar-refractivity contribution in [3.63, 3.8) is 0 Å². The molecular weight excluding hydrogens is 163 g/mol. The van der Waals surface area contributed by atoms with Gasteiger partial charge in [-0.2, -0.15) is 0 Å². The molecule has 5 heteroatoms. The lowest BCUT2D eigenvalue weighted by atomic mass is 9.95. The van der Waals surface area contributed by atoms with E-state index < -0.39 is 11.8 Å². The summed E-state index contributed by atoms with van der Waals surface area (Å²) in [7, 11) is 0. The summed E-state index contributed by atoms with van der Waals surface area (Å²) in [5, 5.41) is 8.58. The summed E-state index contributed by atoms with van der Waals surface area (Å²) in [6, 6.07) is 0. The Balaban J connectivity index is 2.57. The van der Waals surface area contributed by atoms with E-state index in [1.807, 2.05) is 0 Å². The molecule has 0 spiro atoms. The minimum Gasteiger partial charge on any atom is -0.465 e. The third-order valence-corrected chi connectivity index (χ3v) is 2.16. The molecule has 0 bridgehead atoms. The SMILES string of the molecule is NC[C@]1(F)CCCN(C(=O)O)C1. The second kappa shape index (κ2) is 3.26. The van der Waals surface area contributed by atoms with Gasteiger partial charge in [-0.15, -0.1) is 0 Å². The zero-order chi connectivity index (χ0) is 9.19. The highest BCUT2D eigenvalue weighted by Gasteiger charge is 2.35. The molecule has 1 fully saturated rings. The summed E-state index contributed by atoms with van der Waals surface area (Å²) in [6.45, 7) is 0.233. The van der Waals surface area contributed by atoms with Gasteiger partial charge in [0.2, 0.25) is 0 Å². The van der Waals surface area contributed by atoms with E-state index in [4.69, 9.17) is 10.8 Å². The molecule has 1 rings (SSSR count). The largest absolute Gasteiger partial charge is 0.465 e. The van der Waals surface area contributed by atoms with Gasteiger partial charge < -0.3 is 15.7 Å². The van der Waals surface area contributed by atoms with Crippen LogP contribution in [-0.2, 0) is 0 Å². The highest BCUT2D eigenvalue weighted by Crippen LogP contribution is 2.23. The molecule has 12 heavy (non-hydrogen) atoms. The van der Waals surface area contributed by atoms with Crippen LogP contribution in [0.4, 0.5) is 9.18 Å². The van der Waals surface area contributed by atoms with Crippen LogP contribution in [0.3, 0.4) is 0 Å². The van der Waals surface area contributed by atoms with Crippen molar-refractivity contribution in [1.82, 2.24) is 4.90 Å². The zero-order valence-corrected chi connectivity index (χ0v) is 6.79. The Kier molecular flexibility index (Phi) is 2.52. The first kappa shape index (κ1) is 9.25. The number of rotatable bonds is 1. The van der Waals surface area contributed by atoms with Gasteiger partial charge in [0.15, 0.2) is 0 Å². The molecule has 4 nitrogen and oxygen atoms in total. The quantitative estimate of drug-likeness (QED) is 0.608. The number of nitrogens with zero attached hydrogens (tertiary/aromatic N) is 1. The first-order valence-electron chi connectivity index (χ1n) is 3.94. The average Bonchev–Trinajstić information content (AvgIpc) is 2.05. The molecule has 0 unspecified atom stereocenters. The van der Waals surface area contributed by atoms with Crippen molar-refractivity contribution in [1.29, 1.82) is 0 Å². The first-order valence-corrected chi connectivity index (χ1v) is 3.94. The van der Waals surface area contributed by atoms with Crippen LogP contribution >= 0.6 is 0 Å². The Hall–Kier alpha value is -0.840. The van der Waals surface area contributed by atoms with E-state index >= 15 is 0 Å². The number of carboxylic acid groups (broad SMARTS) is 1. The van der Waals surface area contributed by atoms with E-state index in [1.165, 1.54) is 0 Å². The predicted molar refractivity (Wildman–Crippen MR) is 41.7 cm³/mol. The number of likely N-dealkylation sites (tertiary alicyclic amines) is 1. The van der Waals surface area contributed by atoms with E-state index in [2.05, 4.69) is 0 Å². The van der Waals surface area contributed by atoms with Gasteiger partial charge in [-0.05, 0) is 12.8 Å². The maximum absolute atomic E-state index is 13.5. The number of carbonyl (C=O) groups is 1. The second-order valence-electron chi connectivity index (χ2n) is 3.16. The molecule has 0 aromatic rings. The molecule has 1 aliphatic heterocycles. The minimum absolute atomic E-state index is 0.0845. The number of alkyl halides is 1. The summed E-state index contributed by atoms with van der Waals surface area (Å²) in [4.78, 5) is 11.6. The molecule has 1 heterocycles. The van der Waals surface area contributed by atoms with Crippen molar-refractivity contribution in [2.75, 3.05) is 19.6 Å². The standard InChI is InChI=1S/C7H13FN2O2/c8-7(4-9)2-1-3-10(5-7)6(11)12/h1-5,9H2,(H,11,12)/t7-/m1/s1. The van der Waals surface area contributed by atoms with Gasteiger partial charge in [0.25, 0.3) is 0 Å². The zero-order valence-electron chi connectivity index (χ0n) is 6.79. The molecule has 0 aromatic heterocycles. The summed E-state index contributed by atoms with van der Waals surface area (Å²) < 4.78 is 13.5. The topological polar surface area (TPSA) is 66.6 Å². The number of nitrogens with two attached hydrogens (primary N) is 1. The fourth-order valence-electron chi connectivity index (χ4n) is 1.42. The lowest BCUT2D eigenvalue weighted by Crippen LogP contribution is -2.51. The van der Waals surface area contributed by atoms with Gasteiger partial charge >= 0.3 is 6.09 Å². The molecule has 1 atom stereocenters. The van der Waals surface area contributed by atoms with Crippen LogP contribution in [0.2, 0.25) is 0 Å². The smallest absolute Gasteiger partial charge is 0.407 e. The van der Waals surface area contributed by atoms with Crippen LogP contribution in [0.1, 0.15) is 12.8 Å². The normalized spacial score (nSPS) is 30.3. The fourth-order valence-corrected chi connectivity index (χ4v) is 1.42. The van der Waals surface area contributed by atoms with E-state index in [9.17, 15) is 9.18 Å². The van der Waals surface area contributed by atoms with Crippen molar-refractivity contribution in [2.45, 2.75) is 18.5 Å². The Morgan fingerprint density at radius 2 is 2.42 bits per heavy atom. The summed E-state index contributed by atoms with van der Waals surface area (Å²) in [5.41, 5.74) is 3.70. The fraction of sp³-hybridized carbons (Fsp3) is 0.857. The van der Waals surface area contributed by atoms with E-state index in [0.717, 1.165) is 4.90 Å². The molecule has 1 saturated heterocycles. The first-order chi connectivity index (χ1) is 5.57. The number of halogens is 1. The van der Waals surface area contributed by atoms with Crippen LogP contribution in [0.15, 0.2) is 0 Å². The molecule has 1 amide bonds. The van der Waals surface area contributed by atoms with Gasteiger partial charge in [0.05, 0.1) is 6.54 Å². The van der Waals surface area contributed by atoms with Gasteiger partial charge in [-0.25, -0.2) is 9.18 Å². The van der Waals surface area contributed by atoms with Crippen molar-refractivity contribution in [3.8, 4) is 0 Å². The highest BCUT2D eigenvalue weighted by atomic mass is 19.1. The molecule has 3 N–H and O–H groups in total. The molecule has 0 aromatic carbocycles. The molecule has 70 valence electrons. The molecule has 0 saturated carbocycles. The van der Waals surface area contributed by atoms with E-state index in [0.29, 0.717) is 19.4 Å². The van der Waals surface area contributed by atoms with Gasteiger partial charge in [-0.3, -0.25) is 0 Å². The van der Waals surface area contributed by atoms with Gasteiger partial charge in [0, 0.05) is 13.1 Å². The van der Waals surface area contributed by atoms with E-state index in [-0.39, 0.29) is 13.1 Å². The molecule has 0 radical (unpaired) electrons. The predicted octanol–water partition coefficient (Wildman–Crippen LogP) is 0.427. The molecule has 0 aliphatic carbocycles. The summed E-state index contributed by atoms with van der Waals surface area (Å²) in [5.74, 6) is 0. The van der Waals surface area contributed by atoms with Gasteiger partial charge in [0.1, 0.15) is 5.67 Å². The summed E-state index contributed by atoms with van der Waals surface area (Å²) >= 11 is 0. The molecular formula is C7H13FN2O2. The monoisotopic (exact) mass is 176 g/mol. The number of hydrogen-bond acceptors (Lipinski definition) is 2. The Morgan fingerprint density at radius 1 is 1.75 bits per heavy atom. The van der Waals surface area contributed by atoms with Crippen LogP contribution < -0.4 is 5.73 Å². The van der Waals surface area contributed by atoms with Crippen LogP contribution in [0.25, 0.3) is 0 Å². The summed E-state index contributed by atoms with van der Waals surface area (Å²) in [6.07, 6.45) is -0.141. The maximum atomic E-state index is 13.5. The third kappa shape index (κ3) is 1.85. The van der Waals surface area contributed by atoms with Crippen LogP contribution in [0, 0.1) is 0 Å². The number of hydrogen-bond donors (Lipinski definition) is 2. The minimum atomic E-state index is -1.50. The highest BCUT2D eigenvalue weighted by molar-refractivity contribution is 5.65. The van der Waals surface area contributed by atoms with Crippen molar-refractivity contribution in [2.24, 2.45) is 5.73 Å². The Bertz CT molecular complexity index is 188. The number of piperidine rings is 1. The van der Waals surface area contributed by atoms with Crippen molar-refractivity contribution in [3.05, 3.63) is 0 Å². The van der Waals surface area contributed by atoms with Gasteiger partial charge in [-0.1, -0.05) is 0 Å². The van der Waals surface area contributed by atoms with E-state index in [1.54, 1.807) is 0 Å². The van der Waals surface area contributed by atoms with Crippen molar-refractivity contribution >= 4 is 6.09 Å².